The molecule has 2 N–H and O–H groups in total. The summed E-state index contributed by atoms with van der Waals surface area (Å²) < 4.78 is 18.5. The second-order valence-corrected chi connectivity index (χ2v) is 6.00. The van der Waals surface area contributed by atoms with Crippen LogP contribution in [0, 0.1) is 5.82 Å². The molecule has 3 rings (SSSR count). The maximum Gasteiger partial charge on any atom is 0.224 e. The number of carbonyl (C=O) groups excluding carboxylic acids is 1. The van der Waals surface area contributed by atoms with Gasteiger partial charge in [-0.15, -0.1) is 0 Å². The number of halogens is 1. The Hall–Kier alpha value is -2.66. The van der Waals surface area contributed by atoms with Crippen molar-refractivity contribution >= 4 is 16.9 Å². The molecule has 0 aliphatic rings. The largest absolute Gasteiger partial charge is 0.458 e. The van der Waals surface area contributed by atoms with Crippen molar-refractivity contribution in [3.63, 3.8) is 0 Å². The van der Waals surface area contributed by atoms with Crippen LogP contribution in [0.1, 0.15) is 18.2 Å². The fraction of sp³-hybridized carbons (Fsp3) is 0.211. The summed E-state index contributed by atoms with van der Waals surface area (Å²) in [6.07, 6.45) is 0.122. The standard InChI is InChI=1S/C19H18FNO3/c1-19(23,17-11-14-4-2-3-5-16(14)24-17)12-21-18(22)10-13-6-8-15(20)9-7-13/h2-9,11,23H,10,12H2,1H3,(H,21,22)/t19-/m1/s1. The molecule has 0 aliphatic heterocycles. The van der Waals surface area contributed by atoms with E-state index in [2.05, 4.69) is 5.32 Å². The maximum atomic E-state index is 12.9. The number of fused-ring (bicyclic) bond motifs is 1. The third-order valence-electron chi connectivity index (χ3n) is 3.86. The Kier molecular flexibility index (Phi) is 4.36. The van der Waals surface area contributed by atoms with E-state index in [9.17, 15) is 14.3 Å². The van der Waals surface area contributed by atoms with Crippen LogP contribution in [0.4, 0.5) is 4.39 Å². The Labute approximate surface area is 138 Å². The Morgan fingerprint density at radius 2 is 1.92 bits per heavy atom. The van der Waals surface area contributed by atoms with Gasteiger partial charge in [-0.3, -0.25) is 4.79 Å². The van der Waals surface area contributed by atoms with E-state index < -0.39 is 5.60 Å². The summed E-state index contributed by atoms with van der Waals surface area (Å²) >= 11 is 0. The highest BCUT2D eigenvalue weighted by atomic mass is 19.1. The van der Waals surface area contributed by atoms with Crippen molar-refractivity contribution < 1.29 is 18.7 Å². The number of para-hydroxylation sites is 1. The highest BCUT2D eigenvalue weighted by Crippen LogP contribution is 2.27. The number of furan rings is 1. The van der Waals surface area contributed by atoms with Crippen LogP contribution in [0.5, 0.6) is 0 Å². The van der Waals surface area contributed by atoms with Crippen LogP contribution in [0.25, 0.3) is 11.0 Å². The number of aliphatic hydroxyl groups is 1. The van der Waals surface area contributed by atoms with Gasteiger partial charge >= 0.3 is 0 Å². The van der Waals surface area contributed by atoms with Crippen LogP contribution in [-0.2, 0) is 16.8 Å². The molecule has 5 heteroatoms. The van der Waals surface area contributed by atoms with Crippen molar-refractivity contribution in [2.24, 2.45) is 0 Å². The van der Waals surface area contributed by atoms with Crippen LogP contribution in [-0.4, -0.2) is 17.6 Å². The van der Waals surface area contributed by atoms with Crippen LogP contribution in [0.2, 0.25) is 0 Å². The summed E-state index contributed by atoms with van der Waals surface area (Å²) in [6.45, 7) is 1.61. The molecule has 4 nitrogen and oxygen atoms in total. The van der Waals surface area contributed by atoms with Crippen molar-refractivity contribution in [2.75, 3.05) is 6.54 Å². The van der Waals surface area contributed by atoms with Crippen LogP contribution in [0.15, 0.2) is 59.0 Å². The van der Waals surface area contributed by atoms with E-state index in [0.717, 1.165) is 5.39 Å². The predicted octanol–water partition coefficient (Wildman–Crippen LogP) is 3.14. The van der Waals surface area contributed by atoms with E-state index in [4.69, 9.17) is 4.42 Å². The van der Waals surface area contributed by atoms with Gasteiger partial charge in [0.15, 0.2) is 0 Å². The van der Waals surface area contributed by atoms with Gasteiger partial charge in [-0.05, 0) is 36.8 Å². The smallest absolute Gasteiger partial charge is 0.224 e. The average molecular weight is 327 g/mol. The van der Waals surface area contributed by atoms with Gasteiger partial charge in [-0.2, -0.15) is 0 Å². The van der Waals surface area contributed by atoms with E-state index in [0.29, 0.717) is 16.9 Å². The summed E-state index contributed by atoms with van der Waals surface area (Å²) in [5.41, 5.74) is 0.0694. The minimum absolute atomic E-state index is 0.0207. The molecule has 0 saturated heterocycles. The van der Waals surface area contributed by atoms with Crippen molar-refractivity contribution in [3.8, 4) is 0 Å². The lowest BCUT2D eigenvalue weighted by Gasteiger charge is -2.21. The van der Waals surface area contributed by atoms with E-state index in [1.165, 1.54) is 12.1 Å². The first-order chi connectivity index (χ1) is 11.4. The van der Waals surface area contributed by atoms with Gasteiger partial charge in [0.05, 0.1) is 13.0 Å². The van der Waals surface area contributed by atoms with Crippen LogP contribution >= 0.6 is 0 Å². The topological polar surface area (TPSA) is 62.5 Å². The summed E-state index contributed by atoms with van der Waals surface area (Å²) in [4.78, 5) is 12.0. The SMILES string of the molecule is C[C@@](O)(CNC(=O)Cc1ccc(F)cc1)c1cc2ccccc2o1. The maximum absolute atomic E-state index is 12.9. The second kappa shape index (κ2) is 6.45. The first kappa shape index (κ1) is 16.2. The molecule has 0 aliphatic carbocycles. The Morgan fingerprint density at radius 1 is 1.21 bits per heavy atom. The summed E-state index contributed by atoms with van der Waals surface area (Å²) in [5.74, 6) is -0.198. The molecule has 1 amide bonds. The van der Waals surface area contributed by atoms with Gasteiger partial charge in [0.25, 0.3) is 0 Å². The Balaban J connectivity index is 1.63. The fourth-order valence-electron chi connectivity index (χ4n) is 2.46. The number of hydrogen-bond acceptors (Lipinski definition) is 3. The van der Waals surface area contributed by atoms with Gasteiger partial charge in [0.2, 0.25) is 5.91 Å². The third-order valence-corrected chi connectivity index (χ3v) is 3.86. The molecule has 0 bridgehead atoms. The second-order valence-electron chi connectivity index (χ2n) is 6.00. The molecule has 0 unspecified atom stereocenters. The van der Waals surface area contributed by atoms with Crippen molar-refractivity contribution in [2.45, 2.75) is 18.9 Å². The Bertz CT molecular complexity index is 819. The number of benzene rings is 2. The lowest BCUT2D eigenvalue weighted by Crippen LogP contribution is -2.39. The van der Waals surface area contributed by atoms with Crippen molar-refractivity contribution in [1.82, 2.24) is 5.32 Å². The average Bonchev–Trinajstić information content (AvgIpc) is 3.00. The van der Waals surface area contributed by atoms with Gasteiger partial charge in [0.1, 0.15) is 22.8 Å². The highest BCUT2D eigenvalue weighted by molar-refractivity contribution is 5.79. The normalized spacial score (nSPS) is 13.6. The van der Waals surface area contributed by atoms with Gasteiger partial charge in [-0.1, -0.05) is 30.3 Å². The minimum Gasteiger partial charge on any atom is -0.458 e. The first-order valence-corrected chi connectivity index (χ1v) is 7.67. The molecule has 1 atom stereocenters. The molecular formula is C19H18FNO3. The van der Waals surface area contributed by atoms with Crippen LogP contribution in [0.3, 0.4) is 0 Å². The number of amides is 1. The van der Waals surface area contributed by atoms with E-state index in [1.54, 1.807) is 25.1 Å². The third kappa shape index (κ3) is 3.63. The number of hydrogen-bond donors (Lipinski definition) is 2. The van der Waals surface area contributed by atoms with Gasteiger partial charge < -0.3 is 14.8 Å². The summed E-state index contributed by atoms with van der Waals surface area (Å²) in [6, 6.07) is 15.0. The molecule has 124 valence electrons. The molecule has 0 spiro atoms. The van der Waals surface area contributed by atoms with Gasteiger partial charge in [-0.25, -0.2) is 4.39 Å². The molecule has 0 saturated carbocycles. The number of rotatable bonds is 5. The number of nitrogens with one attached hydrogen (secondary N) is 1. The molecule has 1 heterocycles. The molecule has 24 heavy (non-hydrogen) atoms. The molecule has 3 aromatic rings. The quantitative estimate of drug-likeness (QED) is 0.757. The summed E-state index contributed by atoms with van der Waals surface area (Å²) in [5, 5.41) is 14.2. The summed E-state index contributed by atoms with van der Waals surface area (Å²) in [7, 11) is 0. The van der Waals surface area contributed by atoms with Crippen molar-refractivity contribution in [3.05, 3.63) is 71.7 Å². The van der Waals surface area contributed by atoms with E-state index in [-0.39, 0.29) is 24.7 Å². The molecule has 0 fully saturated rings. The monoisotopic (exact) mass is 327 g/mol. The Morgan fingerprint density at radius 3 is 2.62 bits per heavy atom. The van der Waals surface area contributed by atoms with Gasteiger partial charge in [0, 0.05) is 5.39 Å². The zero-order valence-electron chi connectivity index (χ0n) is 13.3. The lowest BCUT2D eigenvalue weighted by molar-refractivity contribution is -0.121. The molecule has 1 aromatic heterocycles. The van der Waals surface area contributed by atoms with Crippen LogP contribution < -0.4 is 5.32 Å². The fourth-order valence-corrected chi connectivity index (χ4v) is 2.46. The molecular weight excluding hydrogens is 309 g/mol. The molecule has 0 radical (unpaired) electrons. The lowest BCUT2D eigenvalue weighted by atomic mass is 10.0. The number of carbonyl (C=O) groups is 1. The van der Waals surface area contributed by atoms with E-state index in [1.807, 2.05) is 24.3 Å². The minimum atomic E-state index is -1.32. The highest BCUT2D eigenvalue weighted by Gasteiger charge is 2.28. The zero-order chi connectivity index (χ0) is 17.2. The van der Waals surface area contributed by atoms with Crippen molar-refractivity contribution in [1.29, 1.82) is 0 Å². The zero-order valence-corrected chi connectivity index (χ0v) is 13.3. The predicted molar refractivity (Wildman–Crippen MR) is 88.9 cm³/mol. The molecule has 2 aromatic carbocycles. The van der Waals surface area contributed by atoms with E-state index >= 15 is 0 Å². The first-order valence-electron chi connectivity index (χ1n) is 7.67.